The number of hydrogen-bond donors (Lipinski definition) is 1. The van der Waals surface area contributed by atoms with Crippen molar-refractivity contribution in [2.24, 2.45) is 0 Å². The quantitative estimate of drug-likeness (QED) is 0.760. The third-order valence-electron chi connectivity index (χ3n) is 4.13. The molecule has 3 aromatic rings. The Balaban J connectivity index is 2.10. The molecular formula is C20H18F2N2O2. The average Bonchev–Trinajstić information content (AvgIpc) is 2.60. The van der Waals surface area contributed by atoms with E-state index in [1.807, 2.05) is 19.9 Å². The first-order valence-electron chi connectivity index (χ1n) is 8.31. The van der Waals surface area contributed by atoms with E-state index in [9.17, 15) is 18.4 Å². The largest absolute Gasteiger partial charge is 0.318 e. The highest BCUT2D eigenvalue weighted by Crippen LogP contribution is 2.18. The summed E-state index contributed by atoms with van der Waals surface area (Å²) in [5, 5.41) is 3.58. The molecule has 0 aliphatic rings. The topological polar surface area (TPSA) is 51.1 Å². The Kier molecular flexibility index (Phi) is 4.84. The molecule has 0 aliphatic carbocycles. The number of aryl methyl sites for hydroxylation is 1. The van der Waals surface area contributed by atoms with Crippen molar-refractivity contribution >= 4 is 22.4 Å². The van der Waals surface area contributed by atoms with E-state index in [1.165, 1.54) is 4.57 Å². The summed E-state index contributed by atoms with van der Waals surface area (Å²) in [4.78, 5) is 25.5. The van der Waals surface area contributed by atoms with Crippen molar-refractivity contribution in [2.75, 3.05) is 5.32 Å². The summed E-state index contributed by atoms with van der Waals surface area (Å²) in [6.07, 6.45) is 0.655. The average molecular weight is 356 g/mol. The van der Waals surface area contributed by atoms with Gasteiger partial charge in [0.1, 0.15) is 17.3 Å². The van der Waals surface area contributed by atoms with Crippen LogP contribution in [0.3, 0.4) is 0 Å². The van der Waals surface area contributed by atoms with Gasteiger partial charge in [0.25, 0.3) is 11.5 Å². The van der Waals surface area contributed by atoms with E-state index in [0.717, 1.165) is 17.7 Å². The molecule has 1 aromatic heterocycles. The molecule has 0 bridgehead atoms. The van der Waals surface area contributed by atoms with Crippen molar-refractivity contribution in [1.29, 1.82) is 0 Å². The van der Waals surface area contributed by atoms with E-state index in [4.69, 9.17) is 0 Å². The lowest BCUT2D eigenvalue weighted by Gasteiger charge is -2.14. The summed E-state index contributed by atoms with van der Waals surface area (Å²) in [5.74, 6) is -2.23. The van der Waals surface area contributed by atoms with Crippen molar-refractivity contribution < 1.29 is 13.6 Å². The van der Waals surface area contributed by atoms with Crippen molar-refractivity contribution in [3.05, 3.63) is 75.7 Å². The maximum Gasteiger partial charge on any atom is 0.272 e. The molecule has 0 saturated heterocycles. The third-order valence-corrected chi connectivity index (χ3v) is 4.13. The molecule has 6 heteroatoms. The van der Waals surface area contributed by atoms with Gasteiger partial charge >= 0.3 is 0 Å². The molecule has 0 radical (unpaired) electrons. The molecule has 1 N–H and O–H groups in total. The van der Waals surface area contributed by atoms with Crippen LogP contribution >= 0.6 is 0 Å². The first kappa shape index (κ1) is 17.8. The Morgan fingerprint density at radius 2 is 1.88 bits per heavy atom. The lowest BCUT2D eigenvalue weighted by atomic mass is 10.1. The molecular weight excluding hydrogens is 338 g/mol. The number of amides is 1. The fourth-order valence-electron chi connectivity index (χ4n) is 2.87. The molecule has 2 aromatic carbocycles. The predicted octanol–water partition coefficient (Wildman–Crippen LogP) is 4.25. The van der Waals surface area contributed by atoms with Gasteiger partial charge in [-0.1, -0.05) is 24.6 Å². The zero-order chi connectivity index (χ0) is 18.8. The van der Waals surface area contributed by atoms with E-state index in [0.29, 0.717) is 29.8 Å². The summed E-state index contributed by atoms with van der Waals surface area (Å²) in [6.45, 7) is 4.15. The number of pyridine rings is 1. The van der Waals surface area contributed by atoms with E-state index in [1.54, 1.807) is 18.2 Å². The second-order valence-electron chi connectivity index (χ2n) is 6.16. The van der Waals surface area contributed by atoms with E-state index in [-0.39, 0.29) is 16.9 Å². The van der Waals surface area contributed by atoms with Gasteiger partial charge in [-0.25, -0.2) is 8.78 Å². The van der Waals surface area contributed by atoms with Crippen LogP contribution in [0, 0.1) is 18.6 Å². The number of anilines is 1. The Hall–Kier alpha value is -3.02. The molecule has 0 unspecified atom stereocenters. The minimum Gasteiger partial charge on any atom is -0.318 e. The van der Waals surface area contributed by atoms with Crippen LogP contribution in [0.5, 0.6) is 0 Å². The second kappa shape index (κ2) is 7.07. The first-order valence-corrected chi connectivity index (χ1v) is 8.31. The zero-order valence-electron chi connectivity index (χ0n) is 14.5. The number of benzene rings is 2. The van der Waals surface area contributed by atoms with Crippen LogP contribution in [0.15, 0.2) is 47.3 Å². The predicted molar refractivity (Wildman–Crippen MR) is 97.5 cm³/mol. The molecule has 134 valence electrons. The highest BCUT2D eigenvalue weighted by molar-refractivity contribution is 6.05. The molecule has 0 fully saturated rings. The lowest BCUT2D eigenvalue weighted by molar-refractivity contribution is 0.101. The van der Waals surface area contributed by atoms with Crippen LogP contribution in [0.4, 0.5) is 14.5 Å². The van der Waals surface area contributed by atoms with Crippen molar-refractivity contribution in [3.63, 3.8) is 0 Å². The molecule has 0 aliphatic heterocycles. The number of fused-ring (bicyclic) bond motifs is 1. The number of carbonyl (C=O) groups is 1. The van der Waals surface area contributed by atoms with Crippen LogP contribution in [0.2, 0.25) is 0 Å². The molecule has 0 spiro atoms. The minimum absolute atomic E-state index is 0.136. The molecule has 1 amide bonds. The highest BCUT2D eigenvalue weighted by atomic mass is 19.1. The Morgan fingerprint density at radius 1 is 1.12 bits per heavy atom. The minimum atomic E-state index is -0.876. The van der Waals surface area contributed by atoms with Gasteiger partial charge in [0.05, 0.1) is 5.69 Å². The van der Waals surface area contributed by atoms with Gasteiger partial charge in [0.15, 0.2) is 0 Å². The normalized spacial score (nSPS) is 10.9. The van der Waals surface area contributed by atoms with Crippen molar-refractivity contribution in [3.8, 4) is 0 Å². The SMILES string of the molecule is CCCn1c(C(=O)Nc2ccc(F)cc2F)cc2ccc(C)cc2c1=O. The molecule has 0 atom stereocenters. The van der Waals surface area contributed by atoms with Gasteiger partial charge in [-0.3, -0.25) is 9.59 Å². The monoisotopic (exact) mass is 356 g/mol. The number of nitrogens with one attached hydrogen (secondary N) is 1. The van der Waals surface area contributed by atoms with Gasteiger partial charge in [-0.15, -0.1) is 0 Å². The van der Waals surface area contributed by atoms with Gasteiger partial charge < -0.3 is 9.88 Å². The van der Waals surface area contributed by atoms with Crippen molar-refractivity contribution in [1.82, 2.24) is 4.57 Å². The maximum absolute atomic E-state index is 13.8. The Bertz CT molecular complexity index is 1060. The summed E-state index contributed by atoms with van der Waals surface area (Å²) in [6, 6.07) is 9.92. The van der Waals surface area contributed by atoms with Crippen molar-refractivity contribution in [2.45, 2.75) is 26.8 Å². The molecule has 26 heavy (non-hydrogen) atoms. The number of aromatic nitrogens is 1. The van der Waals surface area contributed by atoms with Gasteiger partial charge in [0.2, 0.25) is 0 Å². The third kappa shape index (κ3) is 3.35. The molecule has 0 saturated carbocycles. The summed E-state index contributed by atoms with van der Waals surface area (Å²) in [7, 11) is 0. The van der Waals surface area contributed by atoms with Crippen LogP contribution in [-0.4, -0.2) is 10.5 Å². The van der Waals surface area contributed by atoms with Crippen LogP contribution in [0.25, 0.3) is 10.8 Å². The van der Waals surface area contributed by atoms with E-state index in [2.05, 4.69) is 5.32 Å². The van der Waals surface area contributed by atoms with E-state index >= 15 is 0 Å². The fourth-order valence-corrected chi connectivity index (χ4v) is 2.87. The smallest absolute Gasteiger partial charge is 0.272 e. The van der Waals surface area contributed by atoms with Crippen LogP contribution in [0.1, 0.15) is 29.4 Å². The summed E-state index contributed by atoms with van der Waals surface area (Å²) < 4.78 is 28.3. The number of nitrogens with zero attached hydrogens (tertiary/aromatic N) is 1. The maximum atomic E-state index is 13.8. The standard InChI is InChI=1S/C20H18F2N2O2/c1-3-8-24-18(10-13-5-4-12(2)9-15(13)20(24)26)19(25)23-17-7-6-14(21)11-16(17)22/h4-7,9-11H,3,8H2,1-2H3,(H,23,25). The first-order chi connectivity index (χ1) is 12.4. The number of hydrogen-bond acceptors (Lipinski definition) is 2. The zero-order valence-corrected chi connectivity index (χ0v) is 14.5. The molecule has 4 nitrogen and oxygen atoms in total. The van der Waals surface area contributed by atoms with Gasteiger partial charge in [-0.2, -0.15) is 0 Å². The van der Waals surface area contributed by atoms with Gasteiger partial charge in [0, 0.05) is 18.0 Å². The highest BCUT2D eigenvalue weighted by Gasteiger charge is 2.17. The second-order valence-corrected chi connectivity index (χ2v) is 6.16. The van der Waals surface area contributed by atoms with E-state index < -0.39 is 17.5 Å². The lowest BCUT2D eigenvalue weighted by Crippen LogP contribution is -2.29. The molecule has 1 heterocycles. The van der Waals surface area contributed by atoms with Crippen LogP contribution < -0.4 is 10.9 Å². The fraction of sp³-hybridized carbons (Fsp3) is 0.200. The Morgan fingerprint density at radius 3 is 2.58 bits per heavy atom. The summed E-state index contributed by atoms with van der Waals surface area (Å²) in [5.41, 5.74) is 0.675. The van der Waals surface area contributed by atoms with Gasteiger partial charge in [-0.05, 0) is 43.0 Å². The number of rotatable bonds is 4. The summed E-state index contributed by atoms with van der Waals surface area (Å²) >= 11 is 0. The number of halogens is 2. The van der Waals surface area contributed by atoms with Crippen LogP contribution in [-0.2, 0) is 6.54 Å². The Labute approximate surface area is 149 Å². The molecule has 3 rings (SSSR count). The number of carbonyl (C=O) groups excluding carboxylic acids is 1.